The van der Waals surface area contributed by atoms with Crippen LogP contribution in [0.25, 0.3) is 0 Å². The zero-order valence-corrected chi connectivity index (χ0v) is 17.0. The molecule has 0 saturated carbocycles. The van der Waals surface area contributed by atoms with Crippen molar-refractivity contribution in [2.75, 3.05) is 17.3 Å². The Morgan fingerprint density at radius 3 is 2.58 bits per heavy atom. The summed E-state index contributed by atoms with van der Waals surface area (Å²) in [5.74, 6) is -0.382. The quantitative estimate of drug-likeness (QED) is 0.518. The number of anilines is 2. The van der Waals surface area contributed by atoms with E-state index in [-0.39, 0.29) is 40.1 Å². The maximum Gasteiger partial charge on any atom is 0.433 e. The molecule has 0 bridgehead atoms. The molecule has 31 heavy (non-hydrogen) atoms. The Balaban J connectivity index is 1.93. The zero-order valence-electron chi connectivity index (χ0n) is 16.2. The van der Waals surface area contributed by atoms with Crippen LogP contribution in [0.4, 0.5) is 33.7 Å². The minimum Gasteiger partial charge on any atom is -0.481 e. The SMILES string of the molecule is COc1ccc(N(Cc2n[nH]c(C(F)(F)F)c2C)C(=O)Nc2ccc(F)c(Cl)c2)cn1. The Labute approximate surface area is 179 Å². The van der Waals surface area contributed by atoms with Gasteiger partial charge in [0.15, 0.2) is 0 Å². The smallest absolute Gasteiger partial charge is 0.433 e. The molecule has 2 heterocycles. The van der Waals surface area contributed by atoms with Gasteiger partial charge in [0.2, 0.25) is 5.88 Å². The van der Waals surface area contributed by atoms with Crippen LogP contribution in [-0.2, 0) is 12.7 Å². The number of urea groups is 1. The van der Waals surface area contributed by atoms with Gasteiger partial charge < -0.3 is 10.1 Å². The first-order valence-corrected chi connectivity index (χ1v) is 9.12. The second kappa shape index (κ2) is 8.80. The fraction of sp³-hybridized carbons (Fsp3) is 0.211. The van der Waals surface area contributed by atoms with Gasteiger partial charge >= 0.3 is 12.2 Å². The fourth-order valence-corrected chi connectivity index (χ4v) is 2.89. The molecule has 12 heteroatoms. The highest BCUT2D eigenvalue weighted by Gasteiger charge is 2.36. The van der Waals surface area contributed by atoms with E-state index in [1.54, 1.807) is 0 Å². The second-order valence-corrected chi connectivity index (χ2v) is 6.78. The summed E-state index contributed by atoms with van der Waals surface area (Å²) in [7, 11) is 1.41. The molecule has 2 N–H and O–H groups in total. The lowest BCUT2D eigenvalue weighted by atomic mass is 10.2. The molecule has 3 rings (SSSR count). The van der Waals surface area contributed by atoms with Gasteiger partial charge in [0.25, 0.3) is 0 Å². The number of nitrogens with zero attached hydrogens (tertiary/aromatic N) is 3. The van der Waals surface area contributed by atoms with Crippen molar-refractivity contribution in [1.82, 2.24) is 15.2 Å². The van der Waals surface area contributed by atoms with Crippen molar-refractivity contribution in [3.63, 3.8) is 0 Å². The molecule has 0 aliphatic carbocycles. The lowest BCUT2D eigenvalue weighted by Gasteiger charge is -2.23. The van der Waals surface area contributed by atoms with Gasteiger partial charge in [-0.25, -0.2) is 14.2 Å². The first-order valence-electron chi connectivity index (χ1n) is 8.74. The molecule has 0 atom stereocenters. The lowest BCUT2D eigenvalue weighted by molar-refractivity contribution is -0.141. The number of H-pyrrole nitrogens is 1. The van der Waals surface area contributed by atoms with E-state index in [2.05, 4.69) is 15.4 Å². The van der Waals surface area contributed by atoms with Gasteiger partial charge in [-0.1, -0.05) is 11.6 Å². The third-order valence-electron chi connectivity index (χ3n) is 4.36. The minimum absolute atomic E-state index is 0.00966. The highest BCUT2D eigenvalue weighted by atomic mass is 35.5. The van der Waals surface area contributed by atoms with Gasteiger partial charge in [0.05, 0.1) is 36.3 Å². The van der Waals surface area contributed by atoms with Crippen LogP contribution in [-0.4, -0.2) is 28.3 Å². The first kappa shape index (κ1) is 22.3. The number of carbonyl (C=O) groups is 1. The summed E-state index contributed by atoms with van der Waals surface area (Å²) in [5, 5.41) is 8.01. The van der Waals surface area contributed by atoms with Gasteiger partial charge in [-0.3, -0.25) is 10.00 Å². The number of hydrogen-bond donors (Lipinski definition) is 2. The number of halogens is 5. The Kier molecular flexibility index (Phi) is 6.34. The molecule has 0 spiro atoms. The van der Waals surface area contributed by atoms with Gasteiger partial charge in [0.1, 0.15) is 11.5 Å². The van der Waals surface area contributed by atoms with E-state index in [4.69, 9.17) is 16.3 Å². The van der Waals surface area contributed by atoms with E-state index in [0.29, 0.717) is 0 Å². The summed E-state index contributed by atoms with van der Waals surface area (Å²) < 4.78 is 57.6. The predicted octanol–water partition coefficient (Wildman–Crippen LogP) is 5.17. The van der Waals surface area contributed by atoms with Crippen LogP contribution in [0.3, 0.4) is 0 Å². The molecule has 7 nitrogen and oxygen atoms in total. The predicted molar refractivity (Wildman–Crippen MR) is 106 cm³/mol. The number of ether oxygens (including phenoxy) is 1. The van der Waals surface area contributed by atoms with Crippen LogP contribution in [0.15, 0.2) is 36.5 Å². The summed E-state index contributed by atoms with van der Waals surface area (Å²) in [6.45, 7) is 0.955. The maximum atomic E-state index is 13.4. The number of aromatic nitrogens is 3. The number of methoxy groups -OCH3 is 1. The van der Waals surface area contributed by atoms with Crippen molar-refractivity contribution in [3.8, 4) is 5.88 Å². The standard InChI is InChI=1S/C19H16ClF4N5O2/c1-10-15(27-28-17(10)19(22,23)24)9-29(12-4-6-16(31-2)25-8-12)18(30)26-11-3-5-14(21)13(20)7-11/h3-8H,9H2,1-2H3,(H,26,30)(H,27,28). The molecule has 164 valence electrons. The van der Waals surface area contributed by atoms with E-state index in [9.17, 15) is 22.4 Å². The van der Waals surface area contributed by atoms with Gasteiger partial charge in [-0.05, 0) is 31.2 Å². The Bertz CT molecular complexity index is 1090. The van der Waals surface area contributed by atoms with Crippen LogP contribution in [0, 0.1) is 12.7 Å². The Hall–Kier alpha value is -3.34. The van der Waals surface area contributed by atoms with Crippen molar-refractivity contribution in [3.05, 3.63) is 64.3 Å². The largest absolute Gasteiger partial charge is 0.481 e. The fourth-order valence-electron chi connectivity index (χ4n) is 2.71. The van der Waals surface area contributed by atoms with Crippen LogP contribution in [0.1, 0.15) is 17.0 Å². The van der Waals surface area contributed by atoms with E-state index in [1.165, 1.54) is 44.5 Å². The number of pyridine rings is 1. The molecular formula is C19H16ClF4N5O2. The maximum absolute atomic E-state index is 13.4. The van der Waals surface area contributed by atoms with E-state index >= 15 is 0 Å². The van der Waals surface area contributed by atoms with Crippen LogP contribution in [0.2, 0.25) is 5.02 Å². The first-order chi connectivity index (χ1) is 14.6. The highest BCUT2D eigenvalue weighted by Crippen LogP contribution is 2.32. The molecular weight excluding hydrogens is 442 g/mol. The molecule has 0 saturated heterocycles. The number of amides is 2. The average molecular weight is 458 g/mol. The van der Waals surface area contributed by atoms with Crippen molar-refractivity contribution >= 4 is 29.0 Å². The zero-order chi connectivity index (χ0) is 22.8. The third-order valence-corrected chi connectivity index (χ3v) is 4.65. The summed E-state index contributed by atoms with van der Waals surface area (Å²) in [5.41, 5.74) is -0.673. The minimum atomic E-state index is -4.62. The number of alkyl halides is 3. The second-order valence-electron chi connectivity index (χ2n) is 6.37. The van der Waals surface area contributed by atoms with E-state index in [1.807, 2.05) is 5.10 Å². The molecule has 0 unspecified atom stereocenters. The van der Waals surface area contributed by atoms with Crippen molar-refractivity contribution in [2.24, 2.45) is 0 Å². The highest BCUT2D eigenvalue weighted by molar-refractivity contribution is 6.31. The Morgan fingerprint density at radius 2 is 2.03 bits per heavy atom. The molecule has 2 aromatic heterocycles. The molecule has 3 aromatic rings. The molecule has 0 aliphatic rings. The number of nitrogens with one attached hydrogen (secondary N) is 2. The summed E-state index contributed by atoms with van der Waals surface area (Å²) in [6.07, 6.45) is -3.29. The number of carbonyl (C=O) groups excluding carboxylic acids is 1. The van der Waals surface area contributed by atoms with Crippen molar-refractivity contribution in [2.45, 2.75) is 19.6 Å². The van der Waals surface area contributed by atoms with Crippen LogP contribution < -0.4 is 15.0 Å². The number of benzene rings is 1. The monoisotopic (exact) mass is 457 g/mol. The van der Waals surface area contributed by atoms with Crippen molar-refractivity contribution < 1.29 is 27.1 Å². The average Bonchev–Trinajstić information content (AvgIpc) is 3.09. The van der Waals surface area contributed by atoms with Crippen LogP contribution in [0.5, 0.6) is 5.88 Å². The van der Waals surface area contributed by atoms with E-state index in [0.717, 1.165) is 11.0 Å². The number of aromatic amines is 1. The summed E-state index contributed by atoms with van der Waals surface area (Å²) in [4.78, 5) is 18.1. The third kappa shape index (κ3) is 5.05. The molecule has 0 fully saturated rings. The summed E-state index contributed by atoms with van der Waals surface area (Å²) >= 11 is 5.74. The van der Waals surface area contributed by atoms with Gasteiger partial charge in [-0.2, -0.15) is 18.3 Å². The van der Waals surface area contributed by atoms with Gasteiger partial charge in [0, 0.05) is 17.3 Å². The summed E-state index contributed by atoms with van der Waals surface area (Å²) in [6, 6.07) is 5.86. The normalized spacial score (nSPS) is 11.3. The van der Waals surface area contributed by atoms with Crippen molar-refractivity contribution in [1.29, 1.82) is 0 Å². The lowest BCUT2D eigenvalue weighted by Crippen LogP contribution is -2.35. The molecule has 0 radical (unpaired) electrons. The molecule has 2 amide bonds. The number of hydrogen-bond acceptors (Lipinski definition) is 4. The van der Waals surface area contributed by atoms with E-state index < -0.39 is 23.7 Å². The van der Waals surface area contributed by atoms with Gasteiger partial charge in [-0.15, -0.1) is 0 Å². The topological polar surface area (TPSA) is 83.1 Å². The van der Waals surface area contributed by atoms with Crippen LogP contribution >= 0.6 is 11.6 Å². The Morgan fingerprint density at radius 1 is 1.29 bits per heavy atom. The number of rotatable bonds is 5. The molecule has 0 aliphatic heterocycles. The molecule has 1 aromatic carbocycles.